The minimum absolute atomic E-state index is 0.0325. The van der Waals surface area contributed by atoms with E-state index < -0.39 is 5.60 Å². The van der Waals surface area contributed by atoms with E-state index in [-0.39, 0.29) is 31.4 Å². The molecule has 1 N–H and O–H groups in total. The highest BCUT2D eigenvalue weighted by Gasteiger charge is 2.43. The van der Waals surface area contributed by atoms with Crippen LogP contribution in [0.15, 0.2) is 42.5 Å². The number of hydrogen-bond acceptors (Lipinski definition) is 5. The number of likely N-dealkylation sites (tertiary alicyclic amines) is 1. The fourth-order valence-corrected chi connectivity index (χ4v) is 5.11. The van der Waals surface area contributed by atoms with E-state index in [1.165, 1.54) is 0 Å². The molecule has 2 amide bonds. The van der Waals surface area contributed by atoms with Gasteiger partial charge < -0.3 is 19.3 Å². The van der Waals surface area contributed by atoms with Gasteiger partial charge in [-0.15, -0.1) is 0 Å². The van der Waals surface area contributed by atoms with Crippen molar-refractivity contribution in [1.29, 1.82) is 0 Å². The number of H-pyrrole nitrogens is 1. The zero-order valence-corrected chi connectivity index (χ0v) is 21.2. The highest BCUT2D eigenvalue weighted by Crippen LogP contribution is 2.29. The summed E-state index contributed by atoms with van der Waals surface area (Å²) in [6.45, 7) is 4.53. The molecule has 0 saturated carbocycles. The van der Waals surface area contributed by atoms with Crippen LogP contribution in [-0.4, -0.2) is 76.8 Å². The Bertz CT molecular complexity index is 1260. The minimum atomic E-state index is -0.970. The van der Waals surface area contributed by atoms with E-state index in [1.807, 2.05) is 42.2 Å². The molecule has 2 aromatic carbocycles. The molecule has 2 aliphatic heterocycles. The van der Waals surface area contributed by atoms with Gasteiger partial charge in [-0.05, 0) is 56.0 Å². The summed E-state index contributed by atoms with van der Waals surface area (Å²) >= 11 is 6.17. The second-order valence-corrected chi connectivity index (χ2v) is 10.1. The Hall–Kier alpha value is -3.10. The van der Waals surface area contributed by atoms with Crippen molar-refractivity contribution in [3.8, 4) is 5.75 Å². The average molecular weight is 511 g/mol. The molecule has 1 aromatic heterocycles. The molecule has 190 valence electrons. The summed E-state index contributed by atoms with van der Waals surface area (Å²) in [5.74, 6) is 0.491. The number of nitrogens with one attached hydrogen (secondary N) is 1. The standard InChI is InChI=1S/C27H31ClN4O4/c1-19-15-20(9-10-22(19)28)35-18-27(16-24(33)31-11-5-2-6-12-31)17-32(13-14-36-27)26(34)25-21-7-3-4-8-23(21)29-30-25/h3-4,7-10,15H,2,5-6,11-14,16-18H2,1H3,(H,29,30)/t27-/m0/s1. The second-order valence-electron chi connectivity index (χ2n) is 9.69. The predicted molar refractivity (Wildman–Crippen MR) is 137 cm³/mol. The summed E-state index contributed by atoms with van der Waals surface area (Å²) in [7, 11) is 0. The van der Waals surface area contributed by atoms with Gasteiger partial charge in [0.1, 0.15) is 18.0 Å². The minimum Gasteiger partial charge on any atom is -0.490 e. The lowest BCUT2D eigenvalue weighted by atomic mass is 9.95. The molecule has 8 nitrogen and oxygen atoms in total. The molecular weight excluding hydrogens is 480 g/mol. The van der Waals surface area contributed by atoms with Gasteiger partial charge in [0.2, 0.25) is 5.91 Å². The van der Waals surface area contributed by atoms with Crippen LogP contribution in [-0.2, 0) is 9.53 Å². The SMILES string of the molecule is Cc1cc(OC[C@]2(CC(=O)N3CCCCC3)CN(C(=O)c3n[nH]c4ccccc34)CCO2)ccc1Cl. The number of morpholine rings is 1. The summed E-state index contributed by atoms with van der Waals surface area (Å²) < 4.78 is 12.4. The number of carbonyl (C=O) groups excluding carboxylic acids is 2. The molecule has 36 heavy (non-hydrogen) atoms. The Balaban J connectivity index is 1.38. The lowest BCUT2D eigenvalue weighted by Crippen LogP contribution is -2.58. The highest BCUT2D eigenvalue weighted by atomic mass is 35.5. The van der Waals surface area contributed by atoms with Crippen molar-refractivity contribution in [2.45, 2.75) is 38.2 Å². The lowest BCUT2D eigenvalue weighted by Gasteiger charge is -2.43. The van der Waals surface area contributed by atoms with Crippen LogP contribution in [0.1, 0.15) is 41.7 Å². The number of nitrogens with zero attached hydrogens (tertiary/aromatic N) is 3. The maximum Gasteiger partial charge on any atom is 0.275 e. The summed E-state index contributed by atoms with van der Waals surface area (Å²) in [4.78, 5) is 30.5. The summed E-state index contributed by atoms with van der Waals surface area (Å²) in [5, 5.41) is 8.66. The number of fused-ring (bicyclic) bond motifs is 1. The summed E-state index contributed by atoms with van der Waals surface area (Å²) in [5.41, 5.74) is 1.11. The number of halogens is 1. The molecular formula is C27H31ClN4O4. The van der Waals surface area contributed by atoms with E-state index in [0.717, 1.165) is 48.8 Å². The number of para-hydroxylation sites is 1. The number of benzene rings is 2. The van der Waals surface area contributed by atoms with Crippen LogP contribution in [0.2, 0.25) is 5.02 Å². The fraction of sp³-hybridized carbons (Fsp3) is 0.444. The molecule has 1 atom stereocenters. The van der Waals surface area contributed by atoms with E-state index in [1.54, 1.807) is 17.0 Å². The first kappa shape index (κ1) is 24.6. The molecule has 2 aliphatic rings. The third-order valence-corrected chi connectivity index (χ3v) is 7.45. The number of aromatic nitrogens is 2. The average Bonchev–Trinajstić information content (AvgIpc) is 3.34. The van der Waals surface area contributed by atoms with Gasteiger partial charge in [-0.25, -0.2) is 0 Å². The van der Waals surface area contributed by atoms with E-state index in [9.17, 15) is 9.59 Å². The van der Waals surface area contributed by atoms with Gasteiger partial charge in [0.15, 0.2) is 5.69 Å². The molecule has 5 rings (SSSR count). The van der Waals surface area contributed by atoms with Gasteiger partial charge in [-0.3, -0.25) is 14.7 Å². The van der Waals surface area contributed by atoms with Crippen LogP contribution < -0.4 is 4.74 Å². The monoisotopic (exact) mass is 510 g/mol. The first-order chi connectivity index (χ1) is 17.4. The van der Waals surface area contributed by atoms with Gasteiger partial charge in [0, 0.05) is 30.0 Å². The zero-order valence-electron chi connectivity index (χ0n) is 20.5. The predicted octanol–water partition coefficient (Wildman–Crippen LogP) is 4.22. The molecule has 3 heterocycles. The summed E-state index contributed by atoms with van der Waals surface area (Å²) in [6.07, 6.45) is 3.31. The van der Waals surface area contributed by atoms with Crippen LogP contribution in [0.25, 0.3) is 10.9 Å². The molecule has 0 unspecified atom stereocenters. The van der Waals surface area contributed by atoms with Crippen LogP contribution in [0.4, 0.5) is 0 Å². The Labute approximate surface area is 215 Å². The molecule has 0 spiro atoms. The van der Waals surface area contributed by atoms with Crippen molar-refractivity contribution < 1.29 is 19.1 Å². The number of ether oxygens (including phenoxy) is 2. The van der Waals surface area contributed by atoms with E-state index in [0.29, 0.717) is 29.6 Å². The van der Waals surface area contributed by atoms with Gasteiger partial charge in [0.25, 0.3) is 5.91 Å². The van der Waals surface area contributed by atoms with Crippen molar-refractivity contribution in [3.63, 3.8) is 0 Å². The van der Waals surface area contributed by atoms with Crippen molar-refractivity contribution in [2.75, 3.05) is 39.4 Å². The van der Waals surface area contributed by atoms with Gasteiger partial charge in [0.05, 0.1) is 25.1 Å². The molecule has 9 heteroatoms. The lowest BCUT2D eigenvalue weighted by molar-refractivity contribution is -0.153. The number of piperidine rings is 1. The van der Waals surface area contributed by atoms with E-state index in [2.05, 4.69) is 10.2 Å². The Morgan fingerprint density at radius 3 is 2.72 bits per heavy atom. The highest BCUT2D eigenvalue weighted by molar-refractivity contribution is 6.31. The fourth-order valence-electron chi connectivity index (χ4n) is 4.99. The molecule has 0 aliphatic carbocycles. The smallest absolute Gasteiger partial charge is 0.275 e. The normalized spacial score (nSPS) is 20.5. The van der Waals surface area contributed by atoms with Crippen LogP contribution >= 0.6 is 11.6 Å². The molecule has 2 saturated heterocycles. The van der Waals surface area contributed by atoms with E-state index in [4.69, 9.17) is 21.1 Å². The third kappa shape index (κ3) is 5.20. The van der Waals surface area contributed by atoms with Crippen molar-refractivity contribution >= 4 is 34.3 Å². The van der Waals surface area contributed by atoms with Crippen molar-refractivity contribution in [3.05, 3.63) is 58.7 Å². The van der Waals surface area contributed by atoms with Crippen molar-refractivity contribution in [2.24, 2.45) is 0 Å². The molecule has 0 bridgehead atoms. The molecule has 0 radical (unpaired) electrons. The first-order valence-corrected chi connectivity index (χ1v) is 12.8. The maximum absolute atomic E-state index is 13.5. The third-order valence-electron chi connectivity index (χ3n) is 7.02. The number of hydrogen-bond donors (Lipinski definition) is 1. The number of aromatic amines is 1. The Morgan fingerprint density at radius 2 is 1.92 bits per heavy atom. The maximum atomic E-state index is 13.5. The topological polar surface area (TPSA) is 87.8 Å². The van der Waals surface area contributed by atoms with Crippen LogP contribution in [0.5, 0.6) is 5.75 Å². The Morgan fingerprint density at radius 1 is 1.11 bits per heavy atom. The zero-order chi connectivity index (χ0) is 25.1. The number of aryl methyl sites for hydroxylation is 1. The number of amides is 2. The quantitative estimate of drug-likeness (QED) is 0.536. The van der Waals surface area contributed by atoms with Crippen molar-refractivity contribution in [1.82, 2.24) is 20.0 Å². The largest absolute Gasteiger partial charge is 0.490 e. The summed E-state index contributed by atoms with van der Waals surface area (Å²) in [6, 6.07) is 13.0. The van der Waals surface area contributed by atoms with E-state index >= 15 is 0 Å². The number of rotatable bonds is 6. The molecule has 2 fully saturated rings. The van der Waals surface area contributed by atoms with Crippen LogP contribution in [0.3, 0.4) is 0 Å². The van der Waals surface area contributed by atoms with Gasteiger partial charge in [-0.1, -0.05) is 29.8 Å². The first-order valence-electron chi connectivity index (χ1n) is 12.5. The number of carbonyl (C=O) groups is 2. The Kier molecular flexibility index (Phi) is 7.16. The molecule has 3 aromatic rings. The second kappa shape index (κ2) is 10.5. The van der Waals surface area contributed by atoms with Crippen LogP contribution in [0, 0.1) is 6.92 Å². The van der Waals surface area contributed by atoms with Gasteiger partial charge >= 0.3 is 0 Å². The van der Waals surface area contributed by atoms with Gasteiger partial charge in [-0.2, -0.15) is 5.10 Å².